The Balaban J connectivity index is 1.38. The Morgan fingerprint density at radius 2 is 1.54 bits per heavy atom. The maximum absolute atomic E-state index is 13.3. The monoisotopic (exact) mass is 763 g/mol. The van der Waals surface area contributed by atoms with Gasteiger partial charge >= 0.3 is 5.97 Å². The van der Waals surface area contributed by atoms with Crippen LogP contribution in [0, 0.1) is 0 Å². The molecule has 56 heavy (non-hydrogen) atoms. The second-order valence-electron chi connectivity index (χ2n) is 16.1. The summed E-state index contributed by atoms with van der Waals surface area (Å²) in [7, 11) is 9.38. The summed E-state index contributed by atoms with van der Waals surface area (Å²) in [4.78, 5) is 15.7. The van der Waals surface area contributed by atoms with Crippen molar-refractivity contribution >= 4 is 5.97 Å². The highest BCUT2D eigenvalue weighted by Crippen LogP contribution is 2.48. The number of carbonyl (C=O) groups is 1. The number of rotatable bonds is 12. The minimum Gasteiger partial charge on any atom is -0.497 e. The van der Waals surface area contributed by atoms with Gasteiger partial charge in [0.2, 0.25) is 0 Å². The fourth-order valence-corrected chi connectivity index (χ4v) is 9.39. The van der Waals surface area contributed by atoms with Crippen LogP contribution in [0.4, 0.5) is 0 Å². The van der Waals surface area contributed by atoms with Crippen molar-refractivity contribution in [2.75, 3.05) is 48.5 Å². The number of methoxy groups -OCH3 is 3. The smallest absolute Gasteiger partial charge is 0.362 e. The van der Waals surface area contributed by atoms with Crippen LogP contribution in [0.25, 0.3) is 0 Å². The van der Waals surface area contributed by atoms with Crippen LogP contribution in [0.1, 0.15) is 97.3 Å². The molecule has 0 radical (unpaired) electrons. The number of unbranched alkanes of at least 4 members (excludes halogenated alkanes) is 5. The maximum atomic E-state index is 13.3. The molecule has 4 aliphatic rings. The van der Waals surface area contributed by atoms with Gasteiger partial charge in [-0.2, -0.15) is 0 Å². The van der Waals surface area contributed by atoms with Crippen LogP contribution < -0.4 is 23.7 Å². The molecule has 4 heterocycles. The molecule has 0 spiro atoms. The summed E-state index contributed by atoms with van der Waals surface area (Å²) in [6.07, 6.45) is 10.3. The Labute approximate surface area is 332 Å². The fraction of sp³-hybridized carbons (Fsp3) is 0.468. The third-order valence-corrected chi connectivity index (χ3v) is 12.7. The Morgan fingerprint density at radius 1 is 0.804 bits per heavy atom. The molecule has 0 fully saturated rings. The lowest BCUT2D eigenvalue weighted by molar-refractivity contribution is -0.956. The highest BCUT2D eigenvalue weighted by atomic mass is 16.5. The topological polar surface area (TPSA) is 86.7 Å². The quantitative estimate of drug-likeness (QED) is 0.113. The number of aliphatic carboxylic acids is 1. The molecule has 9 heteroatoms. The summed E-state index contributed by atoms with van der Waals surface area (Å²) >= 11 is 0. The van der Waals surface area contributed by atoms with Crippen LogP contribution in [0.5, 0.6) is 40.2 Å². The summed E-state index contributed by atoms with van der Waals surface area (Å²) in [5, 5.41) is 10.9. The van der Waals surface area contributed by atoms with E-state index < -0.39 is 12.0 Å². The Hall–Kier alpha value is -4.73. The number of carboxylic acid groups (broad SMARTS) is 1. The van der Waals surface area contributed by atoms with Gasteiger partial charge in [-0.05, 0) is 91.0 Å². The minimum absolute atomic E-state index is 0.00805. The second-order valence-corrected chi connectivity index (χ2v) is 16.1. The third-order valence-electron chi connectivity index (χ3n) is 12.7. The van der Waals surface area contributed by atoms with Gasteiger partial charge in [0.05, 0.1) is 34.9 Å². The maximum Gasteiger partial charge on any atom is 0.362 e. The van der Waals surface area contributed by atoms with Gasteiger partial charge in [0.25, 0.3) is 0 Å². The first-order valence-electron chi connectivity index (χ1n) is 20.5. The molecule has 0 aliphatic carbocycles. The zero-order valence-corrected chi connectivity index (χ0v) is 34.1. The van der Waals surface area contributed by atoms with Crippen molar-refractivity contribution in [1.82, 2.24) is 4.90 Å². The first kappa shape index (κ1) is 39.5. The summed E-state index contributed by atoms with van der Waals surface area (Å²) in [5.41, 5.74) is 6.82. The standard InChI is InChI=1S/C47H58N2O7/c1-7-8-9-10-11-12-13-39(47(50)51)49(3)23-21-33-28-42(54-6)44-30-37(33)40(49)25-31-14-17-35(18-15-31)55-43-26-32(16-19-41(43)53-5)24-38-46-34(20-22-48(38)2)27-36(52-4)29-45(46)56-44/h14-19,26-30,38-40H,7-13,20-25H2,1-6H3/p+1. The highest BCUT2D eigenvalue weighted by Gasteiger charge is 2.48. The predicted molar refractivity (Wildman–Crippen MR) is 219 cm³/mol. The number of hydrogen-bond acceptors (Lipinski definition) is 7. The van der Waals surface area contributed by atoms with E-state index in [2.05, 4.69) is 68.4 Å². The Kier molecular flexibility index (Phi) is 12.1. The van der Waals surface area contributed by atoms with Crippen LogP contribution in [0.3, 0.4) is 0 Å². The van der Waals surface area contributed by atoms with Crippen molar-refractivity contribution in [2.24, 2.45) is 0 Å². The number of likely N-dealkylation sites (N-methyl/N-ethyl adjacent to an activating group) is 2. The fourth-order valence-electron chi connectivity index (χ4n) is 9.39. The molecule has 0 saturated carbocycles. The van der Waals surface area contributed by atoms with Crippen molar-refractivity contribution in [3.63, 3.8) is 0 Å². The molecule has 4 aromatic rings. The largest absolute Gasteiger partial charge is 0.497 e. The van der Waals surface area contributed by atoms with Crippen LogP contribution >= 0.6 is 0 Å². The number of fused-ring (bicyclic) bond motifs is 2. The van der Waals surface area contributed by atoms with Crippen LogP contribution in [-0.2, 0) is 30.5 Å². The van der Waals surface area contributed by atoms with Gasteiger partial charge in [-0.25, -0.2) is 4.79 Å². The van der Waals surface area contributed by atoms with E-state index in [4.69, 9.17) is 23.7 Å². The number of nitrogens with zero attached hydrogens (tertiary/aromatic N) is 2. The Morgan fingerprint density at radius 3 is 2.27 bits per heavy atom. The van der Waals surface area contributed by atoms with Crippen molar-refractivity contribution in [1.29, 1.82) is 0 Å². The zero-order chi connectivity index (χ0) is 39.4. The number of benzene rings is 4. The SMILES string of the molecule is CCCCCCCCC(C(=O)O)[N+]1(C)CCc2cc(OC)c3cc2C1Cc1ccc(cc1)Oc1cc(ccc1OC)CC1c2c(cc(OC)cc2O3)CCN1C. The summed E-state index contributed by atoms with van der Waals surface area (Å²) in [6, 6.07) is 22.1. The van der Waals surface area contributed by atoms with Gasteiger partial charge in [-0.15, -0.1) is 0 Å². The molecule has 6 bridgehead atoms. The van der Waals surface area contributed by atoms with Crippen molar-refractivity contribution in [2.45, 2.75) is 95.7 Å². The molecule has 8 rings (SSSR count). The molecular weight excluding hydrogens is 705 g/mol. The lowest BCUT2D eigenvalue weighted by atomic mass is 9.84. The van der Waals surface area contributed by atoms with Crippen molar-refractivity contribution in [3.8, 4) is 40.2 Å². The molecule has 4 unspecified atom stereocenters. The number of hydrogen-bond donors (Lipinski definition) is 1. The molecule has 0 aromatic heterocycles. The van der Waals surface area contributed by atoms with Gasteiger partial charge in [0.15, 0.2) is 29.0 Å². The highest BCUT2D eigenvalue weighted by molar-refractivity contribution is 5.72. The molecule has 1 N–H and O–H groups in total. The minimum atomic E-state index is -0.730. The molecule has 4 aromatic carbocycles. The zero-order valence-electron chi connectivity index (χ0n) is 34.1. The van der Waals surface area contributed by atoms with E-state index in [0.717, 1.165) is 78.8 Å². The average molecular weight is 764 g/mol. The third kappa shape index (κ3) is 8.07. The Bertz CT molecular complexity index is 2010. The number of ether oxygens (including phenoxy) is 5. The first-order chi connectivity index (χ1) is 27.1. The van der Waals surface area contributed by atoms with E-state index in [-0.39, 0.29) is 12.1 Å². The lowest BCUT2D eigenvalue weighted by Crippen LogP contribution is -2.60. The number of quaternary nitrogens is 1. The summed E-state index contributed by atoms with van der Waals surface area (Å²) in [6.45, 7) is 3.82. The lowest BCUT2D eigenvalue weighted by Gasteiger charge is -2.49. The summed E-state index contributed by atoms with van der Waals surface area (Å²) in [5.74, 6) is 4.05. The van der Waals surface area contributed by atoms with E-state index in [0.29, 0.717) is 52.6 Å². The van der Waals surface area contributed by atoms with Crippen LogP contribution in [0.15, 0.2) is 66.7 Å². The molecular formula is C47H59N2O7+. The average Bonchev–Trinajstić information content (AvgIpc) is 3.19. The van der Waals surface area contributed by atoms with Gasteiger partial charge in [-0.3, -0.25) is 4.90 Å². The van der Waals surface area contributed by atoms with Gasteiger partial charge in [-0.1, -0.05) is 57.2 Å². The number of carboxylic acids is 1. The van der Waals surface area contributed by atoms with Crippen molar-refractivity contribution in [3.05, 3.63) is 100 Å². The predicted octanol–water partition coefficient (Wildman–Crippen LogP) is 9.87. The van der Waals surface area contributed by atoms with Crippen molar-refractivity contribution < 1.29 is 38.1 Å². The van der Waals surface area contributed by atoms with E-state index in [1.54, 1.807) is 21.3 Å². The molecule has 4 aliphatic heterocycles. The first-order valence-corrected chi connectivity index (χ1v) is 20.5. The van der Waals surface area contributed by atoms with Crippen LogP contribution in [0.2, 0.25) is 0 Å². The molecule has 9 nitrogen and oxygen atoms in total. The van der Waals surface area contributed by atoms with Crippen LogP contribution in [-0.4, -0.2) is 75.0 Å². The molecule has 4 atom stereocenters. The van der Waals surface area contributed by atoms with E-state index >= 15 is 0 Å². The molecule has 0 amide bonds. The normalized spacial score (nSPS) is 20.8. The second kappa shape index (κ2) is 17.2. The van der Waals surface area contributed by atoms with E-state index in [1.165, 1.54) is 30.4 Å². The van der Waals surface area contributed by atoms with Gasteiger partial charge in [0, 0.05) is 49.0 Å². The van der Waals surface area contributed by atoms with Gasteiger partial charge < -0.3 is 33.3 Å². The summed E-state index contributed by atoms with van der Waals surface area (Å²) < 4.78 is 31.7. The molecule has 298 valence electrons. The van der Waals surface area contributed by atoms with E-state index in [9.17, 15) is 9.90 Å². The molecule has 0 saturated heterocycles. The van der Waals surface area contributed by atoms with E-state index in [1.807, 2.05) is 24.3 Å². The van der Waals surface area contributed by atoms with Gasteiger partial charge in [0.1, 0.15) is 23.3 Å².